The molecule has 0 atom stereocenters. The van der Waals surface area contributed by atoms with Crippen molar-refractivity contribution >= 4 is 16.0 Å². The lowest BCUT2D eigenvalue weighted by molar-refractivity contribution is 0.0833. The molecular formula is C23H32N4O2S. The molecule has 1 aromatic carbocycles. The van der Waals surface area contributed by atoms with E-state index in [1.807, 2.05) is 12.1 Å². The van der Waals surface area contributed by atoms with E-state index in [4.69, 9.17) is 4.99 Å². The number of benzene rings is 1. The highest BCUT2D eigenvalue weighted by atomic mass is 32.2. The zero-order valence-electron chi connectivity index (χ0n) is 18.0. The van der Waals surface area contributed by atoms with Crippen molar-refractivity contribution in [3.05, 3.63) is 41.1 Å². The summed E-state index contributed by atoms with van der Waals surface area (Å²) >= 11 is 0. The molecule has 7 heteroatoms. The Balaban J connectivity index is 1.39. The standard InChI is InChI=1S/C23H32N4O2S/c1-17(2)18-8-10-21(11-9-18)30(28,29)27-16-22(19-6-7-19)24-23(27)26-14-12-25(13-15-26)20-4-3-5-20/h8-11,17,20H,3-7,12-16H2,1-2H3. The summed E-state index contributed by atoms with van der Waals surface area (Å²) in [4.78, 5) is 9.96. The normalized spacial score (nSPS) is 23.2. The molecule has 2 aliphatic heterocycles. The summed E-state index contributed by atoms with van der Waals surface area (Å²) in [5.41, 5.74) is 3.43. The summed E-state index contributed by atoms with van der Waals surface area (Å²) in [7, 11) is -3.63. The number of hydrogen-bond donors (Lipinski definition) is 0. The Bertz CT molecular complexity index is 963. The van der Waals surface area contributed by atoms with Gasteiger partial charge in [-0.1, -0.05) is 32.4 Å². The number of guanidine groups is 1. The van der Waals surface area contributed by atoms with Crippen molar-refractivity contribution in [3.8, 4) is 0 Å². The lowest BCUT2D eigenvalue weighted by Crippen LogP contribution is -2.56. The maximum Gasteiger partial charge on any atom is 0.266 e. The molecule has 0 amide bonds. The predicted molar refractivity (Wildman–Crippen MR) is 119 cm³/mol. The molecule has 5 rings (SSSR count). The number of hydrogen-bond acceptors (Lipinski definition) is 5. The first-order valence-electron chi connectivity index (χ1n) is 11.3. The topological polar surface area (TPSA) is 56.2 Å². The summed E-state index contributed by atoms with van der Waals surface area (Å²) in [5.74, 6) is 1.01. The summed E-state index contributed by atoms with van der Waals surface area (Å²) in [5, 5.41) is 0. The third kappa shape index (κ3) is 3.66. The smallest absolute Gasteiger partial charge is 0.266 e. The molecule has 2 saturated carbocycles. The third-order valence-electron chi connectivity index (χ3n) is 6.98. The molecule has 30 heavy (non-hydrogen) atoms. The van der Waals surface area contributed by atoms with Crippen molar-refractivity contribution in [1.29, 1.82) is 0 Å². The monoisotopic (exact) mass is 428 g/mol. The molecule has 162 valence electrons. The molecule has 0 aromatic heterocycles. The highest BCUT2D eigenvalue weighted by Gasteiger charge is 2.39. The van der Waals surface area contributed by atoms with Gasteiger partial charge >= 0.3 is 0 Å². The Morgan fingerprint density at radius 1 is 1.00 bits per heavy atom. The Morgan fingerprint density at radius 2 is 1.67 bits per heavy atom. The SMILES string of the molecule is CC(C)c1ccc(S(=O)(=O)N2CC(=C3CC3)N=C2N2CCN(C3CCC3)CC2)cc1. The quantitative estimate of drug-likeness (QED) is 0.738. The number of allylic oxidation sites excluding steroid dienone is 1. The van der Waals surface area contributed by atoms with E-state index in [0.29, 0.717) is 23.3 Å². The van der Waals surface area contributed by atoms with Crippen molar-refractivity contribution < 1.29 is 8.42 Å². The second-order valence-electron chi connectivity index (χ2n) is 9.31. The molecular weight excluding hydrogens is 396 g/mol. The maximum atomic E-state index is 13.6. The Kier molecular flexibility index (Phi) is 5.14. The minimum Gasteiger partial charge on any atom is -0.339 e. The van der Waals surface area contributed by atoms with Crippen LogP contribution in [-0.2, 0) is 10.0 Å². The molecule has 0 bridgehead atoms. The summed E-state index contributed by atoms with van der Waals surface area (Å²) in [6.45, 7) is 8.28. The van der Waals surface area contributed by atoms with Crippen molar-refractivity contribution in [2.45, 2.75) is 62.8 Å². The minimum atomic E-state index is -3.63. The second kappa shape index (κ2) is 7.68. The van der Waals surface area contributed by atoms with Gasteiger partial charge < -0.3 is 4.90 Å². The Labute approximate surface area is 180 Å². The number of nitrogens with zero attached hydrogens (tertiary/aromatic N) is 4. The van der Waals surface area contributed by atoms with Crippen LogP contribution in [0.5, 0.6) is 0 Å². The van der Waals surface area contributed by atoms with Gasteiger partial charge in [-0.05, 0) is 54.9 Å². The van der Waals surface area contributed by atoms with Crippen LogP contribution in [0.4, 0.5) is 0 Å². The van der Waals surface area contributed by atoms with E-state index in [2.05, 4.69) is 23.6 Å². The molecule has 0 N–H and O–H groups in total. The molecule has 1 saturated heterocycles. The van der Waals surface area contributed by atoms with Crippen molar-refractivity contribution in [2.24, 2.45) is 4.99 Å². The van der Waals surface area contributed by atoms with Crippen LogP contribution >= 0.6 is 0 Å². The van der Waals surface area contributed by atoms with Gasteiger partial charge in [0.05, 0.1) is 17.1 Å². The Hall–Kier alpha value is -1.86. The maximum absolute atomic E-state index is 13.6. The van der Waals surface area contributed by atoms with Crippen molar-refractivity contribution in [3.63, 3.8) is 0 Å². The van der Waals surface area contributed by atoms with E-state index < -0.39 is 10.0 Å². The van der Waals surface area contributed by atoms with Gasteiger partial charge in [0.1, 0.15) is 0 Å². The molecule has 2 aliphatic carbocycles. The molecule has 3 fully saturated rings. The van der Waals surface area contributed by atoms with Gasteiger partial charge in [-0.15, -0.1) is 0 Å². The van der Waals surface area contributed by atoms with Gasteiger partial charge in [-0.25, -0.2) is 17.7 Å². The fourth-order valence-corrected chi connectivity index (χ4v) is 5.97. The van der Waals surface area contributed by atoms with Crippen LogP contribution < -0.4 is 0 Å². The third-order valence-corrected chi connectivity index (χ3v) is 8.72. The van der Waals surface area contributed by atoms with Gasteiger partial charge in [0.15, 0.2) is 0 Å². The second-order valence-corrected chi connectivity index (χ2v) is 11.2. The van der Waals surface area contributed by atoms with Crippen molar-refractivity contribution in [2.75, 3.05) is 32.7 Å². The van der Waals surface area contributed by atoms with E-state index in [1.165, 1.54) is 24.8 Å². The minimum absolute atomic E-state index is 0.356. The molecule has 0 unspecified atom stereocenters. The average Bonchev–Trinajstić information content (AvgIpc) is 3.45. The molecule has 6 nitrogen and oxygen atoms in total. The molecule has 0 radical (unpaired) electrons. The van der Waals surface area contributed by atoms with Crippen LogP contribution in [0.25, 0.3) is 0 Å². The average molecular weight is 429 g/mol. The molecule has 4 aliphatic rings. The van der Waals surface area contributed by atoms with Crippen LogP contribution in [0, 0.1) is 0 Å². The van der Waals surface area contributed by atoms with E-state index in [0.717, 1.165) is 56.3 Å². The van der Waals surface area contributed by atoms with Gasteiger partial charge in [-0.2, -0.15) is 0 Å². The number of rotatable bonds is 4. The fraction of sp³-hybridized carbons (Fsp3) is 0.609. The summed E-state index contributed by atoms with van der Waals surface area (Å²) in [6, 6.07) is 8.10. The highest BCUT2D eigenvalue weighted by molar-refractivity contribution is 7.89. The van der Waals surface area contributed by atoms with Crippen LogP contribution in [0.15, 0.2) is 45.4 Å². The largest absolute Gasteiger partial charge is 0.339 e. The highest BCUT2D eigenvalue weighted by Crippen LogP contribution is 2.37. The molecule has 1 aromatic rings. The fourth-order valence-electron chi connectivity index (χ4n) is 4.57. The first-order valence-corrected chi connectivity index (χ1v) is 12.8. The van der Waals surface area contributed by atoms with Gasteiger partial charge in [-0.3, -0.25) is 4.90 Å². The van der Waals surface area contributed by atoms with Gasteiger partial charge in [0.2, 0.25) is 5.96 Å². The first-order chi connectivity index (χ1) is 14.4. The zero-order chi connectivity index (χ0) is 20.9. The predicted octanol–water partition coefficient (Wildman–Crippen LogP) is 3.39. The summed E-state index contributed by atoms with van der Waals surface area (Å²) in [6.07, 6.45) is 6.07. The van der Waals surface area contributed by atoms with Crippen LogP contribution in [0.3, 0.4) is 0 Å². The lowest BCUT2D eigenvalue weighted by atomic mass is 9.91. The van der Waals surface area contributed by atoms with Crippen LogP contribution in [0.2, 0.25) is 0 Å². The van der Waals surface area contributed by atoms with E-state index in [-0.39, 0.29) is 0 Å². The summed E-state index contributed by atoms with van der Waals surface area (Å²) < 4.78 is 28.7. The number of sulfonamides is 1. The zero-order valence-corrected chi connectivity index (χ0v) is 18.9. The van der Waals surface area contributed by atoms with E-state index in [9.17, 15) is 8.42 Å². The number of piperazine rings is 1. The van der Waals surface area contributed by atoms with Gasteiger partial charge in [0, 0.05) is 32.2 Å². The number of aliphatic imine (C=N–C) groups is 1. The first kappa shape index (κ1) is 20.1. The van der Waals surface area contributed by atoms with E-state index in [1.54, 1.807) is 16.4 Å². The molecule has 2 heterocycles. The van der Waals surface area contributed by atoms with Gasteiger partial charge in [0.25, 0.3) is 10.0 Å². The molecule has 0 spiro atoms. The lowest BCUT2D eigenvalue weighted by Gasteiger charge is -2.44. The van der Waals surface area contributed by atoms with Crippen LogP contribution in [0.1, 0.15) is 57.4 Å². The van der Waals surface area contributed by atoms with Crippen LogP contribution in [-0.4, -0.2) is 67.2 Å². The Morgan fingerprint density at radius 3 is 2.20 bits per heavy atom. The van der Waals surface area contributed by atoms with E-state index >= 15 is 0 Å². The van der Waals surface area contributed by atoms with Crippen molar-refractivity contribution in [1.82, 2.24) is 14.1 Å².